The minimum Gasteiger partial charge on any atom is -0.870 e. The molecular weight excluding hydrogens is 631 g/mol. The monoisotopic (exact) mass is 636 g/mol. The first-order valence-corrected chi connectivity index (χ1v) is 9.19. The summed E-state index contributed by atoms with van der Waals surface area (Å²) in [4.78, 5) is 85.2. The molecule has 160 valence electrons. The molecule has 0 unspecified atom stereocenters. The van der Waals surface area contributed by atoms with E-state index in [1.807, 2.05) is 0 Å². The second-order valence-corrected chi connectivity index (χ2v) is 3.75. The summed E-state index contributed by atoms with van der Waals surface area (Å²) in [6.07, 6.45) is 0. The zero-order valence-electron chi connectivity index (χ0n) is 18.6. The maximum atomic E-state index is 8.52. The molecule has 0 aliphatic heterocycles. The van der Waals surface area contributed by atoms with Crippen LogP contribution in [0.1, 0.15) is 0 Å². The van der Waals surface area contributed by atoms with Gasteiger partial charge in [-0.2, -0.15) is 0 Å². The minimum atomic E-state index is -3.63. The van der Waals surface area contributed by atoms with Gasteiger partial charge in [0, 0.05) is 45.9 Å². The molecule has 0 aliphatic carbocycles. The first kappa shape index (κ1) is 143. The predicted molar refractivity (Wildman–Crippen MR) is 59.1 cm³/mol. The molecule has 0 heterocycles. The summed E-state index contributed by atoms with van der Waals surface area (Å²) in [7, 11) is -18.1. The van der Waals surface area contributed by atoms with Crippen LogP contribution in [0.5, 0.6) is 0 Å². The van der Waals surface area contributed by atoms with Gasteiger partial charge in [-0.15, -0.1) is 0 Å². The number of hydrogen-bond acceptors (Lipinski definition) is 20. The van der Waals surface area contributed by atoms with Gasteiger partial charge in [-0.1, -0.05) is 0 Å². The van der Waals surface area contributed by atoms with Crippen LogP contribution in [0.25, 0.3) is 0 Å². The van der Waals surface area contributed by atoms with Crippen molar-refractivity contribution in [2.75, 3.05) is 0 Å². The predicted octanol–water partition coefficient (Wildman–Crippen LogP) is -34.4. The molecule has 0 saturated heterocycles. The summed E-state index contributed by atoms with van der Waals surface area (Å²) in [5, 5.41) is 0. The minimum absolute atomic E-state index is 0. The summed E-state index contributed by atoms with van der Waals surface area (Å²) in [5.74, 6) is 0. The van der Waals surface area contributed by atoms with Crippen molar-refractivity contribution in [1.82, 2.24) is 0 Å². The quantitative estimate of drug-likeness (QED) is 0.223. The molecule has 5 N–H and O–H groups in total. The Morgan fingerprint density at radius 1 is 0.294 bits per heavy atom. The van der Waals surface area contributed by atoms with E-state index in [0.717, 1.165) is 0 Å². The van der Waals surface area contributed by atoms with Crippen molar-refractivity contribution in [3.8, 4) is 0 Å². The Balaban J connectivity index is -0.00000000441. The van der Waals surface area contributed by atoms with Crippen molar-refractivity contribution in [2.45, 2.75) is 0 Å². The van der Waals surface area contributed by atoms with E-state index < -0.39 is 45.9 Å². The fourth-order valence-corrected chi connectivity index (χ4v) is 0. The molecule has 0 rings (SSSR count). The second kappa shape index (κ2) is 132. The Morgan fingerprint density at radius 3 is 0.294 bits per heavy atom. The van der Waals surface area contributed by atoms with Gasteiger partial charge in [0.05, 0.1) is 0 Å². The molecule has 34 heteroatoms. The summed E-state index contributed by atoms with van der Waals surface area (Å²) in [6.45, 7) is 0. The molecule has 0 spiro atoms. The van der Waals surface area contributed by atoms with E-state index in [2.05, 4.69) is 0 Å². The summed E-state index contributed by atoms with van der Waals surface area (Å²) in [6, 6.07) is 0. The number of rotatable bonds is 0. The average molecular weight is 636 g/mol. The van der Waals surface area contributed by atoms with Crippen LogP contribution in [0.3, 0.4) is 0 Å². The van der Waals surface area contributed by atoms with E-state index in [1.54, 1.807) is 0 Å². The van der Waals surface area contributed by atoms with Gasteiger partial charge in [0.2, 0.25) is 0 Å². The van der Waals surface area contributed by atoms with E-state index in [0.29, 0.717) is 0 Å². The maximum Gasteiger partial charge on any atom is 3.00 e. The van der Waals surface area contributed by atoms with Gasteiger partial charge in [-0.3, -0.25) is 0 Å². The first-order valence-electron chi connectivity index (χ1n) is 3.06. The third-order valence-electron chi connectivity index (χ3n) is 0. The Bertz CT molecular complexity index is 245. The van der Waals surface area contributed by atoms with E-state index in [-0.39, 0.29) is 225 Å². The van der Waals surface area contributed by atoms with Crippen LogP contribution in [0, 0.1) is 0 Å². The Labute approximate surface area is 335 Å². The van der Waals surface area contributed by atoms with E-state index in [1.165, 1.54) is 0 Å². The van der Waals surface area contributed by atoms with Crippen molar-refractivity contribution in [3.63, 3.8) is 0 Å². The molecule has 0 amide bonds. The SMILES string of the molecule is O=[Si]([O-])[O-].O=[Si]([O-])[O-].O=[Si]([O-])[O-].O=[Si]([O-])[O-].O=[Si]([O-])[O-].[Al+3].[Al+3].[Al+3].[Li+].[Li+].[Li+].[Na+].[Na+].[Na+].[OH-].[OH-].[OH-].[OH-].[OH-]. The molecule has 0 saturated carbocycles. The molecule has 0 radical (unpaired) electrons. The Morgan fingerprint density at radius 2 is 0.294 bits per heavy atom. The van der Waals surface area contributed by atoms with Crippen molar-refractivity contribution in [2.24, 2.45) is 0 Å². The standard InChI is InChI=1S/3Al.3Li.3Na.5O3Si.5H2O/c;;;;;;;;;5*1-4(2)3;;;;;/h;;;;;;;;;;;;;;5*1H2/q3*+3;6*+1;5*-2;;;;;/p-5. The molecule has 20 nitrogen and oxygen atoms in total. The van der Waals surface area contributed by atoms with Gasteiger partial charge in [0.15, 0.2) is 0 Å². The molecule has 0 aromatic rings. The van der Waals surface area contributed by atoms with Crippen LogP contribution in [0.15, 0.2) is 0 Å². The van der Waals surface area contributed by atoms with Crippen molar-refractivity contribution in [3.05, 3.63) is 0 Å². The van der Waals surface area contributed by atoms with E-state index >= 15 is 0 Å². The van der Waals surface area contributed by atoms with Crippen LogP contribution in [-0.2, 0) is 22.3 Å². The van der Waals surface area contributed by atoms with Crippen LogP contribution in [0.2, 0.25) is 0 Å². The largest absolute Gasteiger partial charge is 3.00 e. The molecule has 0 fully saturated rings. The van der Waals surface area contributed by atoms with Gasteiger partial charge in [0.25, 0.3) is 0 Å². The summed E-state index contributed by atoms with van der Waals surface area (Å²) >= 11 is 0. The fourth-order valence-electron chi connectivity index (χ4n) is 0. The molecule has 0 aromatic heterocycles. The average Bonchev–Trinajstić information content (AvgIpc) is 1.94. The van der Waals surface area contributed by atoms with Crippen molar-refractivity contribution >= 4 is 97.9 Å². The smallest absolute Gasteiger partial charge is 0.870 e. The van der Waals surface area contributed by atoms with Crippen molar-refractivity contribution in [1.29, 1.82) is 0 Å². The first-order chi connectivity index (χ1) is 8.66. The van der Waals surface area contributed by atoms with Gasteiger partial charge in [-0.05, 0) is 0 Å². The molecule has 0 atom stereocenters. The zero-order chi connectivity index (χ0) is 17.9. The zero-order valence-corrected chi connectivity index (χ0v) is 33.1. The molecule has 0 aromatic carbocycles. The van der Waals surface area contributed by atoms with Gasteiger partial charge >= 0.3 is 197 Å². The molecule has 0 aliphatic rings. The molecule has 34 heavy (non-hydrogen) atoms. The fraction of sp³-hybridized carbons (Fsp3) is 0. The molecular formula is H5Al3Li3Na3O20Si5. The Kier molecular flexibility index (Phi) is 556. The summed E-state index contributed by atoms with van der Waals surface area (Å²) < 4.78 is 42.6. The Hall–Kier alpha value is 4.27. The third-order valence-corrected chi connectivity index (χ3v) is 0. The number of hydrogen-bond donors (Lipinski definition) is 0. The topological polar surface area (TPSA) is 466 Å². The van der Waals surface area contributed by atoms with Gasteiger partial charge < -0.3 is 97.6 Å². The maximum absolute atomic E-state index is 8.52. The van der Waals surface area contributed by atoms with Gasteiger partial charge in [-0.25, -0.2) is 0 Å². The van der Waals surface area contributed by atoms with Crippen molar-refractivity contribution < 1.29 is 243 Å². The van der Waals surface area contributed by atoms with Crippen LogP contribution in [-0.4, -0.2) is 125 Å². The normalized spacial score (nSPS) is 3.53. The molecule has 0 bridgehead atoms. The third kappa shape index (κ3) is 2470. The van der Waals surface area contributed by atoms with Crippen LogP contribution in [0.4, 0.5) is 0 Å². The van der Waals surface area contributed by atoms with Gasteiger partial charge in [0.1, 0.15) is 0 Å². The van der Waals surface area contributed by atoms with Crippen LogP contribution < -0.4 is 193 Å². The summed E-state index contributed by atoms with van der Waals surface area (Å²) in [5.41, 5.74) is 0. The van der Waals surface area contributed by atoms with Crippen LogP contribution >= 0.6 is 0 Å². The van der Waals surface area contributed by atoms with E-state index in [9.17, 15) is 0 Å². The van der Waals surface area contributed by atoms with E-state index in [4.69, 9.17) is 70.3 Å². The second-order valence-electron chi connectivity index (χ2n) is 1.25.